The van der Waals surface area contributed by atoms with Crippen LogP contribution in [-0.2, 0) is 0 Å². The molecule has 118 valence electrons. The first-order valence-electron chi connectivity index (χ1n) is 7.52. The molecule has 0 aliphatic carbocycles. The third-order valence-electron chi connectivity index (χ3n) is 4.35. The maximum atomic E-state index is 12.9. The summed E-state index contributed by atoms with van der Waals surface area (Å²) in [5, 5.41) is 2.76. The van der Waals surface area contributed by atoms with E-state index in [1.165, 1.54) is 0 Å². The smallest absolute Gasteiger partial charge is 0.231 e. The summed E-state index contributed by atoms with van der Waals surface area (Å²) in [5.74, 6) is 1.89. The monoisotopic (exact) mass is 320 g/mol. The van der Waals surface area contributed by atoms with Crippen LogP contribution in [0.3, 0.4) is 0 Å². The third-order valence-corrected chi connectivity index (χ3v) is 4.35. The summed E-state index contributed by atoms with van der Waals surface area (Å²) in [6, 6.07) is 12.7. The molecule has 0 atom stereocenters. The van der Waals surface area contributed by atoms with Crippen molar-refractivity contribution in [1.29, 1.82) is 0 Å². The highest BCUT2D eigenvalue weighted by atomic mass is 16.7. The number of ether oxygens (including phenoxy) is 3. The van der Waals surface area contributed by atoms with Gasteiger partial charge >= 0.3 is 0 Å². The van der Waals surface area contributed by atoms with Crippen molar-refractivity contribution in [2.45, 2.75) is 0 Å². The van der Waals surface area contributed by atoms with Gasteiger partial charge in [-0.1, -0.05) is 12.1 Å². The van der Waals surface area contributed by atoms with E-state index in [2.05, 4.69) is 0 Å². The Morgan fingerprint density at radius 2 is 1.92 bits per heavy atom. The van der Waals surface area contributed by atoms with Crippen molar-refractivity contribution in [3.05, 3.63) is 52.7 Å². The van der Waals surface area contributed by atoms with Crippen molar-refractivity contribution in [2.75, 3.05) is 13.9 Å². The van der Waals surface area contributed by atoms with Gasteiger partial charge in [0, 0.05) is 5.39 Å². The minimum Gasteiger partial charge on any atom is -0.493 e. The molecule has 24 heavy (non-hydrogen) atoms. The highest BCUT2D eigenvalue weighted by molar-refractivity contribution is 6.03. The Morgan fingerprint density at radius 3 is 2.79 bits per heavy atom. The molecular weight excluding hydrogens is 308 g/mol. The van der Waals surface area contributed by atoms with Crippen LogP contribution >= 0.6 is 0 Å². The average Bonchev–Trinajstić information content (AvgIpc) is 3.09. The zero-order valence-corrected chi connectivity index (χ0v) is 12.8. The number of fused-ring (bicyclic) bond motifs is 5. The normalized spacial score (nSPS) is 13.0. The summed E-state index contributed by atoms with van der Waals surface area (Å²) < 4.78 is 22.2. The number of rotatable bonds is 1. The van der Waals surface area contributed by atoms with Gasteiger partial charge in [0.25, 0.3) is 0 Å². The van der Waals surface area contributed by atoms with Gasteiger partial charge in [-0.15, -0.1) is 0 Å². The van der Waals surface area contributed by atoms with Gasteiger partial charge in [-0.3, -0.25) is 4.79 Å². The lowest BCUT2D eigenvalue weighted by Gasteiger charge is -2.08. The predicted molar refractivity (Wildman–Crippen MR) is 90.2 cm³/mol. The van der Waals surface area contributed by atoms with E-state index in [1.54, 1.807) is 25.3 Å². The molecule has 5 nitrogen and oxygen atoms in total. The van der Waals surface area contributed by atoms with Crippen molar-refractivity contribution < 1.29 is 18.6 Å². The standard InChI is InChI=1S/C19H12O5/c1-21-14-4-2-3-11-17(20)13-8-12-10(7-16(13)24-19(11)14)5-6-15-18(12)23-9-22-15/h2-8H,9H2,1H3. The number of para-hydroxylation sites is 1. The fraction of sp³-hybridized carbons (Fsp3) is 0.105. The lowest BCUT2D eigenvalue weighted by molar-refractivity contribution is 0.175. The van der Waals surface area contributed by atoms with Crippen molar-refractivity contribution >= 4 is 32.7 Å². The van der Waals surface area contributed by atoms with E-state index in [0.29, 0.717) is 39.2 Å². The molecule has 4 aromatic rings. The molecule has 0 saturated carbocycles. The maximum absolute atomic E-state index is 12.9. The van der Waals surface area contributed by atoms with Gasteiger partial charge in [-0.25, -0.2) is 0 Å². The molecule has 0 spiro atoms. The van der Waals surface area contributed by atoms with Gasteiger partial charge in [0.15, 0.2) is 22.8 Å². The van der Waals surface area contributed by atoms with Crippen LogP contribution in [0.5, 0.6) is 17.2 Å². The number of hydrogen-bond donors (Lipinski definition) is 0. The van der Waals surface area contributed by atoms with Gasteiger partial charge in [-0.05, 0) is 35.7 Å². The molecule has 5 heteroatoms. The van der Waals surface area contributed by atoms with E-state index in [0.717, 1.165) is 10.8 Å². The third kappa shape index (κ3) is 1.66. The molecule has 0 unspecified atom stereocenters. The lowest BCUT2D eigenvalue weighted by Crippen LogP contribution is -2.03. The Labute approximate surface area is 136 Å². The van der Waals surface area contributed by atoms with Crippen molar-refractivity contribution in [3.8, 4) is 17.2 Å². The molecule has 0 saturated heterocycles. The molecule has 5 rings (SSSR count). The molecule has 1 aromatic heterocycles. The highest BCUT2D eigenvalue weighted by Crippen LogP contribution is 2.40. The molecule has 0 fully saturated rings. The van der Waals surface area contributed by atoms with E-state index in [9.17, 15) is 4.79 Å². The topological polar surface area (TPSA) is 57.9 Å². The van der Waals surface area contributed by atoms with Gasteiger partial charge < -0.3 is 18.6 Å². The summed E-state index contributed by atoms with van der Waals surface area (Å²) in [5.41, 5.74) is 0.879. The van der Waals surface area contributed by atoms with Gasteiger partial charge in [0.1, 0.15) is 5.58 Å². The Morgan fingerprint density at radius 1 is 1.00 bits per heavy atom. The predicted octanol–water partition coefficient (Wildman–Crippen LogP) is 3.84. The molecule has 0 bridgehead atoms. The zero-order chi connectivity index (χ0) is 16.3. The largest absolute Gasteiger partial charge is 0.493 e. The zero-order valence-electron chi connectivity index (χ0n) is 12.8. The van der Waals surface area contributed by atoms with Gasteiger partial charge in [-0.2, -0.15) is 0 Å². The van der Waals surface area contributed by atoms with Gasteiger partial charge in [0.2, 0.25) is 12.2 Å². The first-order chi connectivity index (χ1) is 11.8. The molecule has 1 aliphatic heterocycles. The van der Waals surface area contributed by atoms with Crippen LogP contribution in [0.1, 0.15) is 0 Å². The van der Waals surface area contributed by atoms with Gasteiger partial charge in [0.05, 0.1) is 17.9 Å². The number of hydrogen-bond acceptors (Lipinski definition) is 5. The first-order valence-corrected chi connectivity index (χ1v) is 7.52. The molecular formula is C19H12O5. The Kier molecular flexibility index (Phi) is 2.56. The molecule has 3 aromatic carbocycles. The molecule has 0 amide bonds. The first kappa shape index (κ1) is 13.2. The summed E-state index contributed by atoms with van der Waals surface area (Å²) in [6.45, 7) is 0.190. The molecule has 1 aliphatic rings. The summed E-state index contributed by atoms with van der Waals surface area (Å²) >= 11 is 0. The Hall–Kier alpha value is -3.21. The molecule has 2 heterocycles. The summed E-state index contributed by atoms with van der Waals surface area (Å²) in [7, 11) is 1.56. The highest BCUT2D eigenvalue weighted by Gasteiger charge is 2.19. The second-order valence-corrected chi connectivity index (χ2v) is 5.64. The van der Waals surface area contributed by atoms with E-state index < -0.39 is 0 Å². The van der Waals surface area contributed by atoms with Crippen LogP contribution in [0.2, 0.25) is 0 Å². The van der Waals surface area contributed by atoms with E-state index in [4.69, 9.17) is 18.6 Å². The van der Waals surface area contributed by atoms with Crippen molar-refractivity contribution in [3.63, 3.8) is 0 Å². The van der Waals surface area contributed by atoms with E-state index in [-0.39, 0.29) is 12.2 Å². The van der Waals surface area contributed by atoms with E-state index in [1.807, 2.05) is 24.3 Å². The number of methoxy groups -OCH3 is 1. The second kappa shape index (κ2) is 4.64. The van der Waals surface area contributed by atoms with Crippen LogP contribution in [0.15, 0.2) is 51.7 Å². The molecule has 0 N–H and O–H groups in total. The molecule has 0 radical (unpaired) electrons. The average molecular weight is 320 g/mol. The van der Waals surface area contributed by atoms with Crippen molar-refractivity contribution in [1.82, 2.24) is 0 Å². The van der Waals surface area contributed by atoms with Crippen LogP contribution in [-0.4, -0.2) is 13.9 Å². The maximum Gasteiger partial charge on any atom is 0.231 e. The fourth-order valence-electron chi connectivity index (χ4n) is 3.20. The van der Waals surface area contributed by atoms with Crippen LogP contribution in [0, 0.1) is 0 Å². The lowest BCUT2D eigenvalue weighted by atomic mass is 10.0. The van der Waals surface area contributed by atoms with Crippen molar-refractivity contribution in [2.24, 2.45) is 0 Å². The van der Waals surface area contributed by atoms with Crippen LogP contribution in [0.4, 0.5) is 0 Å². The van der Waals surface area contributed by atoms with Crippen LogP contribution < -0.4 is 19.6 Å². The van der Waals surface area contributed by atoms with E-state index >= 15 is 0 Å². The Bertz CT molecular complexity index is 1190. The second-order valence-electron chi connectivity index (χ2n) is 5.64. The SMILES string of the molecule is COc1cccc2c(=O)c3cc4c5c(ccc4cc3oc12)OCO5. The summed E-state index contributed by atoms with van der Waals surface area (Å²) in [4.78, 5) is 12.9. The minimum absolute atomic E-state index is 0.0939. The quantitative estimate of drug-likeness (QED) is 0.499. The Balaban J connectivity index is 1.96. The summed E-state index contributed by atoms with van der Waals surface area (Å²) in [6.07, 6.45) is 0. The van der Waals surface area contributed by atoms with Crippen LogP contribution in [0.25, 0.3) is 32.7 Å². The minimum atomic E-state index is -0.0939. The number of benzene rings is 3. The fourth-order valence-corrected chi connectivity index (χ4v) is 3.20.